The van der Waals surface area contributed by atoms with Crippen molar-refractivity contribution in [2.45, 2.75) is 32.8 Å². The van der Waals surface area contributed by atoms with E-state index in [0.717, 1.165) is 5.56 Å². The molecule has 5 nitrogen and oxygen atoms in total. The van der Waals surface area contributed by atoms with E-state index >= 15 is 0 Å². The number of rotatable bonds is 4. The highest BCUT2D eigenvalue weighted by atomic mass is 16.3. The van der Waals surface area contributed by atoms with Crippen LogP contribution in [0.25, 0.3) is 0 Å². The number of nitrogens with zero attached hydrogens (tertiary/aromatic N) is 1. The van der Waals surface area contributed by atoms with E-state index in [1.807, 2.05) is 13.0 Å². The number of anilines is 1. The number of phenolic OH excluding ortho intramolecular Hbond substituents is 1. The number of nitrogens with one attached hydrogen (secondary N) is 2. The van der Waals surface area contributed by atoms with Crippen LogP contribution in [-0.4, -0.2) is 27.2 Å². The molecule has 116 valence electrons. The average molecular weight is 299 g/mol. The number of aliphatic hydroxyl groups is 1. The molecule has 1 aromatic carbocycles. The smallest absolute Gasteiger partial charge is 0.143 e. The van der Waals surface area contributed by atoms with Gasteiger partial charge in [0.2, 0.25) is 0 Å². The van der Waals surface area contributed by atoms with Crippen LogP contribution in [0, 0.1) is 12.3 Å². The van der Waals surface area contributed by atoms with E-state index in [0.29, 0.717) is 29.1 Å². The summed E-state index contributed by atoms with van der Waals surface area (Å²) >= 11 is 0. The van der Waals surface area contributed by atoms with Gasteiger partial charge in [-0.25, -0.2) is 0 Å². The number of aromatic hydroxyl groups is 1. The first-order valence-electron chi connectivity index (χ1n) is 7.08. The van der Waals surface area contributed by atoms with Gasteiger partial charge in [0, 0.05) is 6.42 Å². The fraction of sp³-hybridized carbons (Fsp3) is 0.294. The summed E-state index contributed by atoms with van der Waals surface area (Å²) in [6, 6.07) is 3.62. The van der Waals surface area contributed by atoms with Gasteiger partial charge in [0.05, 0.1) is 17.0 Å². The molecule has 0 aromatic heterocycles. The molecule has 5 heteroatoms. The molecule has 0 atom stereocenters. The van der Waals surface area contributed by atoms with E-state index in [4.69, 9.17) is 5.41 Å². The molecule has 0 amide bonds. The molecule has 0 spiro atoms. The number of allylic oxidation sites excluding steroid dienone is 4. The van der Waals surface area contributed by atoms with Gasteiger partial charge < -0.3 is 10.2 Å². The fourth-order valence-corrected chi connectivity index (χ4v) is 2.23. The van der Waals surface area contributed by atoms with Gasteiger partial charge >= 0.3 is 0 Å². The standard InChI is InChI=1S/C17H21N3O2/c1-11-8-12(10-17(2,3)22)16(21)15(9-11)20-19-14-7-5-4-6-13(14)18/h4-9,18,20-22H,10H2,1-3H3/b18-13?,19-14-. The van der Waals surface area contributed by atoms with Crippen molar-refractivity contribution in [3.63, 3.8) is 0 Å². The lowest BCUT2D eigenvalue weighted by atomic mass is 9.96. The molecule has 1 aromatic rings. The predicted molar refractivity (Wildman–Crippen MR) is 89.9 cm³/mol. The number of hydrogen-bond acceptors (Lipinski definition) is 5. The minimum Gasteiger partial charge on any atom is -0.505 e. The lowest BCUT2D eigenvalue weighted by Crippen LogP contribution is -2.22. The van der Waals surface area contributed by atoms with Crippen LogP contribution in [0.15, 0.2) is 41.5 Å². The summed E-state index contributed by atoms with van der Waals surface area (Å²) in [6.45, 7) is 5.31. The Hall–Kier alpha value is -2.40. The molecular formula is C17H21N3O2. The number of aryl methyl sites for hydroxylation is 1. The molecule has 0 saturated heterocycles. The highest BCUT2D eigenvalue weighted by Gasteiger charge is 2.18. The van der Waals surface area contributed by atoms with E-state index in [9.17, 15) is 10.2 Å². The van der Waals surface area contributed by atoms with Gasteiger partial charge in [-0.1, -0.05) is 18.2 Å². The summed E-state index contributed by atoms with van der Waals surface area (Å²) in [5, 5.41) is 32.2. The second-order valence-electron chi connectivity index (χ2n) is 6.05. The Balaban J connectivity index is 2.28. The number of hydrogen-bond donors (Lipinski definition) is 4. The van der Waals surface area contributed by atoms with Crippen LogP contribution in [0.3, 0.4) is 0 Å². The van der Waals surface area contributed by atoms with Gasteiger partial charge in [0.1, 0.15) is 11.5 Å². The maximum Gasteiger partial charge on any atom is 0.143 e. The van der Waals surface area contributed by atoms with Crippen LogP contribution in [-0.2, 0) is 6.42 Å². The van der Waals surface area contributed by atoms with Crippen molar-refractivity contribution in [3.05, 3.63) is 47.6 Å². The molecule has 4 N–H and O–H groups in total. The van der Waals surface area contributed by atoms with E-state index < -0.39 is 5.60 Å². The van der Waals surface area contributed by atoms with E-state index in [-0.39, 0.29) is 5.75 Å². The summed E-state index contributed by atoms with van der Waals surface area (Å²) in [6.07, 6.45) is 7.28. The van der Waals surface area contributed by atoms with Gasteiger partial charge in [-0.15, -0.1) is 0 Å². The average Bonchev–Trinajstić information content (AvgIpc) is 2.41. The van der Waals surface area contributed by atoms with E-state index in [1.165, 1.54) is 0 Å². The summed E-state index contributed by atoms with van der Waals surface area (Å²) in [7, 11) is 0. The first-order valence-corrected chi connectivity index (χ1v) is 7.08. The molecule has 0 bridgehead atoms. The van der Waals surface area contributed by atoms with Crippen molar-refractivity contribution in [3.8, 4) is 5.75 Å². The Morgan fingerprint density at radius 2 is 1.91 bits per heavy atom. The minimum absolute atomic E-state index is 0.0685. The maximum atomic E-state index is 10.3. The molecule has 0 aliphatic heterocycles. The summed E-state index contributed by atoms with van der Waals surface area (Å²) in [5.74, 6) is 0.0685. The third kappa shape index (κ3) is 4.05. The summed E-state index contributed by atoms with van der Waals surface area (Å²) < 4.78 is 0. The Labute approximate surface area is 130 Å². The van der Waals surface area contributed by atoms with Crippen LogP contribution in [0.2, 0.25) is 0 Å². The predicted octanol–water partition coefficient (Wildman–Crippen LogP) is 2.93. The fourth-order valence-electron chi connectivity index (χ4n) is 2.23. The SMILES string of the molecule is Cc1cc(CC(C)(C)O)c(O)c(N/N=C2/C=CC=CC2=N)c1. The minimum atomic E-state index is -0.909. The lowest BCUT2D eigenvalue weighted by molar-refractivity contribution is 0.0803. The largest absolute Gasteiger partial charge is 0.505 e. The van der Waals surface area contributed by atoms with Gasteiger partial charge in [-0.3, -0.25) is 10.8 Å². The van der Waals surface area contributed by atoms with Crippen LogP contribution in [0.5, 0.6) is 5.75 Å². The number of hydrazone groups is 1. The first-order chi connectivity index (χ1) is 10.3. The summed E-state index contributed by atoms with van der Waals surface area (Å²) in [5.41, 5.74) is 4.77. The zero-order valence-electron chi connectivity index (χ0n) is 13.0. The molecule has 2 rings (SSSR count). The van der Waals surface area contributed by atoms with Crippen molar-refractivity contribution in [2.24, 2.45) is 5.10 Å². The normalized spacial score (nSPS) is 16.4. The second kappa shape index (κ2) is 6.15. The van der Waals surface area contributed by atoms with Crippen LogP contribution in [0.1, 0.15) is 25.0 Å². The van der Waals surface area contributed by atoms with Crippen molar-refractivity contribution in [2.75, 3.05) is 5.43 Å². The number of phenols is 1. The molecular weight excluding hydrogens is 278 g/mol. The second-order valence-corrected chi connectivity index (χ2v) is 6.05. The Kier molecular flexibility index (Phi) is 4.47. The molecule has 22 heavy (non-hydrogen) atoms. The monoisotopic (exact) mass is 299 g/mol. The lowest BCUT2D eigenvalue weighted by Gasteiger charge is -2.19. The van der Waals surface area contributed by atoms with Gasteiger partial charge in [0.25, 0.3) is 0 Å². The quantitative estimate of drug-likeness (QED) is 0.391. The highest BCUT2D eigenvalue weighted by molar-refractivity contribution is 6.50. The Morgan fingerprint density at radius 3 is 2.55 bits per heavy atom. The number of benzene rings is 1. The highest BCUT2D eigenvalue weighted by Crippen LogP contribution is 2.32. The molecule has 0 heterocycles. The zero-order valence-corrected chi connectivity index (χ0v) is 13.0. The van der Waals surface area contributed by atoms with Crippen LogP contribution >= 0.6 is 0 Å². The molecule has 0 unspecified atom stereocenters. The molecule has 0 fully saturated rings. The topological polar surface area (TPSA) is 88.7 Å². The zero-order chi connectivity index (χ0) is 16.3. The van der Waals surface area contributed by atoms with Crippen molar-refractivity contribution in [1.82, 2.24) is 0 Å². The maximum absolute atomic E-state index is 10.3. The third-order valence-corrected chi connectivity index (χ3v) is 3.16. The van der Waals surface area contributed by atoms with E-state index in [1.54, 1.807) is 44.2 Å². The van der Waals surface area contributed by atoms with Crippen LogP contribution in [0.4, 0.5) is 5.69 Å². The third-order valence-electron chi connectivity index (χ3n) is 3.16. The van der Waals surface area contributed by atoms with Gasteiger partial charge in [-0.2, -0.15) is 5.10 Å². The first kappa shape index (κ1) is 16.0. The summed E-state index contributed by atoms with van der Waals surface area (Å²) in [4.78, 5) is 0. The Bertz CT molecular complexity index is 680. The van der Waals surface area contributed by atoms with Gasteiger partial charge in [0.15, 0.2) is 0 Å². The Morgan fingerprint density at radius 1 is 1.23 bits per heavy atom. The van der Waals surface area contributed by atoms with Crippen molar-refractivity contribution >= 4 is 17.1 Å². The molecule has 1 aliphatic carbocycles. The van der Waals surface area contributed by atoms with E-state index in [2.05, 4.69) is 10.5 Å². The van der Waals surface area contributed by atoms with Crippen LogP contribution < -0.4 is 5.43 Å². The molecule has 0 radical (unpaired) electrons. The van der Waals surface area contributed by atoms with Crippen molar-refractivity contribution < 1.29 is 10.2 Å². The molecule has 1 aliphatic rings. The van der Waals surface area contributed by atoms with Gasteiger partial charge in [-0.05, 0) is 50.1 Å². The van der Waals surface area contributed by atoms with Crippen molar-refractivity contribution in [1.29, 1.82) is 5.41 Å². The molecule has 0 saturated carbocycles.